The van der Waals surface area contributed by atoms with Crippen LogP contribution < -0.4 is 0 Å². The van der Waals surface area contributed by atoms with Crippen molar-refractivity contribution in [1.82, 2.24) is 0 Å². The molecule has 2 fully saturated rings. The molecule has 2 heteroatoms. The van der Waals surface area contributed by atoms with Crippen molar-refractivity contribution in [2.75, 3.05) is 0 Å². The minimum Gasteiger partial charge on any atom is -0.393 e. The van der Waals surface area contributed by atoms with Gasteiger partial charge in [-0.3, -0.25) is 4.79 Å². The first-order valence-corrected chi connectivity index (χ1v) is 9.47. The molecule has 1 N–H and O–H groups in total. The fourth-order valence-corrected chi connectivity index (χ4v) is 6.83. The van der Waals surface area contributed by atoms with Crippen molar-refractivity contribution in [3.63, 3.8) is 0 Å². The average Bonchev–Trinajstić information content (AvgIpc) is 2.85. The van der Waals surface area contributed by atoms with Crippen LogP contribution in [-0.4, -0.2) is 17.0 Å². The molecular formula is C21H30O2. The highest BCUT2D eigenvalue weighted by atomic mass is 16.3. The van der Waals surface area contributed by atoms with Gasteiger partial charge in [0.1, 0.15) is 0 Å². The van der Waals surface area contributed by atoms with E-state index < -0.39 is 0 Å². The first kappa shape index (κ1) is 15.6. The lowest BCUT2D eigenvalue weighted by atomic mass is 9.48. The molecule has 0 aromatic rings. The standard InChI is InChI=1S/C21H30O2/c1-13(22)17-6-7-18-16-5-4-14-12-15(23)8-10-20(14,2)19(16)9-11-21(17,18)3/h4-5,12-13,16-19,22H,6-11H2,1-3H3/t13-,16+,17-,18+,19-,20-,21-/m1/s1. The molecule has 0 heterocycles. The van der Waals surface area contributed by atoms with Crippen molar-refractivity contribution < 1.29 is 9.90 Å². The normalized spacial score (nSPS) is 49.9. The summed E-state index contributed by atoms with van der Waals surface area (Å²) < 4.78 is 0. The van der Waals surface area contributed by atoms with Gasteiger partial charge in [0.25, 0.3) is 0 Å². The maximum atomic E-state index is 11.8. The van der Waals surface area contributed by atoms with Gasteiger partial charge in [-0.15, -0.1) is 0 Å². The van der Waals surface area contributed by atoms with E-state index in [4.69, 9.17) is 0 Å². The lowest BCUT2D eigenvalue weighted by Crippen LogP contribution is -2.49. The van der Waals surface area contributed by atoms with Crippen LogP contribution in [-0.2, 0) is 4.79 Å². The Morgan fingerprint density at radius 2 is 1.96 bits per heavy atom. The van der Waals surface area contributed by atoms with E-state index in [1.165, 1.54) is 31.3 Å². The number of ketones is 1. The Balaban J connectivity index is 1.71. The summed E-state index contributed by atoms with van der Waals surface area (Å²) >= 11 is 0. The molecule has 0 saturated heterocycles. The van der Waals surface area contributed by atoms with E-state index in [1.54, 1.807) is 0 Å². The molecule has 0 aromatic heterocycles. The fraction of sp³-hybridized carbons (Fsp3) is 0.762. The second-order valence-electron chi connectivity index (χ2n) is 9.10. The molecule has 7 atom stereocenters. The summed E-state index contributed by atoms with van der Waals surface area (Å²) in [5.74, 6) is 2.77. The molecule has 0 radical (unpaired) electrons. The zero-order valence-corrected chi connectivity index (χ0v) is 14.7. The highest BCUT2D eigenvalue weighted by Gasteiger charge is 2.58. The van der Waals surface area contributed by atoms with Crippen LogP contribution >= 0.6 is 0 Å². The van der Waals surface area contributed by atoms with Gasteiger partial charge in [-0.2, -0.15) is 0 Å². The lowest BCUT2D eigenvalue weighted by Gasteiger charge is -2.56. The van der Waals surface area contributed by atoms with Crippen LogP contribution in [0.4, 0.5) is 0 Å². The molecule has 0 aliphatic heterocycles. The fourth-order valence-electron chi connectivity index (χ4n) is 6.83. The van der Waals surface area contributed by atoms with E-state index in [2.05, 4.69) is 26.0 Å². The second kappa shape index (κ2) is 5.05. The molecule has 2 saturated carbocycles. The molecule has 4 aliphatic carbocycles. The smallest absolute Gasteiger partial charge is 0.156 e. The summed E-state index contributed by atoms with van der Waals surface area (Å²) in [7, 11) is 0. The zero-order chi connectivity index (χ0) is 16.4. The van der Waals surface area contributed by atoms with Crippen molar-refractivity contribution in [3.8, 4) is 0 Å². The quantitative estimate of drug-likeness (QED) is 0.784. The number of aliphatic hydroxyl groups is 1. The van der Waals surface area contributed by atoms with Gasteiger partial charge < -0.3 is 5.11 Å². The molecule has 0 bridgehead atoms. The predicted octanol–water partition coefficient (Wildman–Crippen LogP) is 4.29. The van der Waals surface area contributed by atoms with Crippen molar-refractivity contribution in [3.05, 3.63) is 23.8 Å². The third kappa shape index (κ3) is 2.06. The maximum Gasteiger partial charge on any atom is 0.156 e. The van der Waals surface area contributed by atoms with Crippen LogP contribution in [0.2, 0.25) is 0 Å². The lowest BCUT2D eigenvalue weighted by molar-refractivity contribution is -0.116. The third-order valence-corrected chi connectivity index (χ3v) is 8.17. The molecule has 2 nitrogen and oxygen atoms in total. The number of hydrogen-bond acceptors (Lipinski definition) is 2. The van der Waals surface area contributed by atoms with E-state index in [0.717, 1.165) is 12.8 Å². The molecule has 0 unspecified atom stereocenters. The van der Waals surface area contributed by atoms with Gasteiger partial charge in [0, 0.05) is 6.42 Å². The highest BCUT2D eigenvalue weighted by molar-refractivity contribution is 5.92. The van der Waals surface area contributed by atoms with E-state index in [-0.39, 0.29) is 11.5 Å². The van der Waals surface area contributed by atoms with Gasteiger partial charge in [-0.1, -0.05) is 26.0 Å². The van der Waals surface area contributed by atoms with Gasteiger partial charge >= 0.3 is 0 Å². The molecule has 126 valence electrons. The van der Waals surface area contributed by atoms with Crippen molar-refractivity contribution in [2.24, 2.45) is 34.5 Å². The molecule has 4 rings (SSSR count). The Morgan fingerprint density at radius 1 is 1.17 bits per heavy atom. The van der Waals surface area contributed by atoms with E-state index >= 15 is 0 Å². The SMILES string of the molecule is C[C@@H](O)[C@H]1CC[C@H]2[C@@H]3C=CC4=CC(=O)CC[C@@]4(C)[C@@H]3CC[C@]12C. The van der Waals surface area contributed by atoms with Gasteiger partial charge in [-0.25, -0.2) is 0 Å². The summed E-state index contributed by atoms with van der Waals surface area (Å²) in [6.07, 6.45) is 13.1. The topological polar surface area (TPSA) is 37.3 Å². The Morgan fingerprint density at radius 3 is 2.70 bits per heavy atom. The Hall–Kier alpha value is -0.890. The largest absolute Gasteiger partial charge is 0.393 e. The number of rotatable bonds is 1. The van der Waals surface area contributed by atoms with Gasteiger partial charge in [-0.05, 0) is 85.2 Å². The Bertz CT molecular complexity index is 587. The molecule has 0 spiro atoms. The molecule has 0 amide bonds. The summed E-state index contributed by atoms with van der Waals surface area (Å²) in [4.78, 5) is 11.8. The van der Waals surface area contributed by atoms with Crippen molar-refractivity contribution in [1.29, 1.82) is 0 Å². The third-order valence-electron chi connectivity index (χ3n) is 8.17. The number of carbonyl (C=O) groups excluding carboxylic acids is 1. The first-order valence-electron chi connectivity index (χ1n) is 9.47. The van der Waals surface area contributed by atoms with Crippen LogP contribution in [0.1, 0.15) is 59.3 Å². The number of allylic oxidation sites excluding steroid dienone is 4. The Labute approximate surface area is 140 Å². The van der Waals surface area contributed by atoms with E-state index in [1.807, 2.05) is 13.0 Å². The van der Waals surface area contributed by atoms with Crippen molar-refractivity contribution in [2.45, 2.75) is 65.4 Å². The van der Waals surface area contributed by atoms with Crippen molar-refractivity contribution >= 4 is 5.78 Å². The van der Waals surface area contributed by atoms with Gasteiger partial charge in [0.15, 0.2) is 5.78 Å². The number of aliphatic hydroxyl groups excluding tert-OH is 1. The minimum absolute atomic E-state index is 0.188. The summed E-state index contributed by atoms with van der Waals surface area (Å²) in [6, 6.07) is 0. The predicted molar refractivity (Wildman–Crippen MR) is 91.8 cm³/mol. The summed E-state index contributed by atoms with van der Waals surface area (Å²) in [5, 5.41) is 10.3. The van der Waals surface area contributed by atoms with E-state index in [9.17, 15) is 9.90 Å². The van der Waals surface area contributed by atoms with Crippen LogP contribution in [0.3, 0.4) is 0 Å². The number of carbonyl (C=O) groups is 1. The van der Waals surface area contributed by atoms with Crippen LogP contribution in [0, 0.1) is 34.5 Å². The monoisotopic (exact) mass is 314 g/mol. The second-order valence-corrected chi connectivity index (χ2v) is 9.10. The summed E-state index contributed by atoms with van der Waals surface area (Å²) in [6.45, 7) is 6.82. The Kier molecular flexibility index (Phi) is 3.43. The van der Waals surface area contributed by atoms with Crippen LogP contribution in [0.5, 0.6) is 0 Å². The average molecular weight is 314 g/mol. The van der Waals surface area contributed by atoms with Gasteiger partial charge in [0.2, 0.25) is 0 Å². The highest BCUT2D eigenvalue weighted by Crippen LogP contribution is 2.65. The number of hydrogen-bond donors (Lipinski definition) is 1. The van der Waals surface area contributed by atoms with E-state index in [0.29, 0.717) is 34.9 Å². The number of fused-ring (bicyclic) bond motifs is 5. The molecule has 0 aromatic carbocycles. The first-order chi connectivity index (χ1) is 10.9. The van der Waals surface area contributed by atoms with Gasteiger partial charge in [0.05, 0.1) is 6.10 Å². The minimum atomic E-state index is -0.188. The van der Waals surface area contributed by atoms with Crippen LogP contribution in [0.15, 0.2) is 23.8 Å². The maximum absolute atomic E-state index is 11.8. The zero-order valence-electron chi connectivity index (χ0n) is 14.7. The molecular weight excluding hydrogens is 284 g/mol. The van der Waals surface area contributed by atoms with Crippen LogP contribution in [0.25, 0.3) is 0 Å². The molecule has 23 heavy (non-hydrogen) atoms. The molecule has 4 aliphatic rings. The summed E-state index contributed by atoms with van der Waals surface area (Å²) in [5.41, 5.74) is 1.77.